The van der Waals surface area contributed by atoms with Crippen molar-refractivity contribution in [3.05, 3.63) is 71.8 Å². The second kappa shape index (κ2) is 17.9. The van der Waals surface area contributed by atoms with E-state index in [1.165, 1.54) is 14.0 Å². The number of amides is 4. The Hall–Kier alpha value is -4.29. The highest BCUT2D eigenvalue weighted by molar-refractivity contribution is 6.03. The maximum atomic E-state index is 14.4. The Balaban J connectivity index is 2.61. The first kappa shape index (κ1) is 36.9. The second-order valence-electron chi connectivity index (χ2n) is 11.8. The van der Waals surface area contributed by atoms with Crippen LogP contribution < -0.4 is 10.6 Å². The molecule has 246 valence electrons. The second-order valence-corrected chi connectivity index (χ2v) is 11.8. The van der Waals surface area contributed by atoms with Crippen molar-refractivity contribution in [2.45, 2.75) is 89.6 Å². The fourth-order valence-corrected chi connectivity index (χ4v) is 4.49. The van der Waals surface area contributed by atoms with E-state index >= 15 is 0 Å². The van der Waals surface area contributed by atoms with E-state index in [1.54, 1.807) is 81.4 Å². The van der Waals surface area contributed by atoms with E-state index in [2.05, 4.69) is 10.6 Å². The van der Waals surface area contributed by atoms with Gasteiger partial charge < -0.3 is 30.3 Å². The van der Waals surface area contributed by atoms with Crippen LogP contribution in [0.15, 0.2) is 60.7 Å². The SMILES string of the molecule is COCCC[C@@H](O)CC(=O)N(C(=O)[C@@H](Cc1ccccc1)NC(=O)OC(C)(C)C)[C@@H](Cc1ccccc1)C(=O)N[C@@H](C)C(=O)O. The number of imide groups is 1. The van der Waals surface area contributed by atoms with E-state index in [-0.39, 0.29) is 19.3 Å². The van der Waals surface area contributed by atoms with Crippen LogP contribution in [0, 0.1) is 0 Å². The number of hydrogen-bond donors (Lipinski definition) is 4. The van der Waals surface area contributed by atoms with Gasteiger partial charge in [0.05, 0.1) is 12.5 Å². The molecule has 4 atom stereocenters. The lowest BCUT2D eigenvalue weighted by molar-refractivity contribution is -0.154. The average Bonchev–Trinajstić information content (AvgIpc) is 2.96. The predicted molar refractivity (Wildman–Crippen MR) is 166 cm³/mol. The third-order valence-electron chi connectivity index (χ3n) is 6.69. The molecule has 2 rings (SSSR count). The fourth-order valence-electron chi connectivity index (χ4n) is 4.49. The highest BCUT2D eigenvalue weighted by atomic mass is 16.6. The van der Waals surface area contributed by atoms with Gasteiger partial charge in [-0.05, 0) is 51.7 Å². The van der Waals surface area contributed by atoms with Gasteiger partial charge in [-0.25, -0.2) is 4.79 Å². The topological polar surface area (TPSA) is 172 Å². The molecule has 0 spiro atoms. The van der Waals surface area contributed by atoms with Gasteiger partial charge in [0.1, 0.15) is 23.7 Å². The van der Waals surface area contributed by atoms with Crippen molar-refractivity contribution in [3.8, 4) is 0 Å². The van der Waals surface area contributed by atoms with E-state index in [4.69, 9.17) is 9.47 Å². The Morgan fingerprint density at radius 2 is 1.44 bits per heavy atom. The number of rotatable bonds is 16. The summed E-state index contributed by atoms with van der Waals surface area (Å²) in [4.78, 5) is 67.3. The van der Waals surface area contributed by atoms with E-state index in [0.29, 0.717) is 24.2 Å². The van der Waals surface area contributed by atoms with Gasteiger partial charge in [0.25, 0.3) is 5.91 Å². The van der Waals surface area contributed by atoms with Crippen LogP contribution in [0.2, 0.25) is 0 Å². The van der Waals surface area contributed by atoms with Gasteiger partial charge in [0, 0.05) is 26.6 Å². The van der Waals surface area contributed by atoms with Crippen molar-refractivity contribution in [1.29, 1.82) is 0 Å². The first-order valence-corrected chi connectivity index (χ1v) is 14.8. The van der Waals surface area contributed by atoms with Crippen LogP contribution in [0.25, 0.3) is 0 Å². The predicted octanol–water partition coefficient (Wildman–Crippen LogP) is 2.86. The number of nitrogens with one attached hydrogen (secondary N) is 2. The summed E-state index contributed by atoms with van der Waals surface area (Å²) in [5.74, 6) is -3.99. The molecular weight excluding hydrogens is 582 g/mol. The average molecular weight is 628 g/mol. The number of aliphatic hydroxyl groups is 1. The number of benzene rings is 2. The van der Waals surface area contributed by atoms with Gasteiger partial charge >= 0.3 is 12.1 Å². The van der Waals surface area contributed by atoms with E-state index in [9.17, 15) is 34.2 Å². The molecule has 0 aliphatic carbocycles. The summed E-state index contributed by atoms with van der Waals surface area (Å²) in [5, 5.41) is 25.1. The third kappa shape index (κ3) is 13.1. The maximum Gasteiger partial charge on any atom is 0.408 e. The first-order valence-electron chi connectivity index (χ1n) is 14.8. The molecule has 2 aromatic rings. The first-order chi connectivity index (χ1) is 21.2. The molecule has 0 fully saturated rings. The number of ether oxygens (including phenoxy) is 2. The number of carbonyl (C=O) groups is 5. The Morgan fingerprint density at radius 1 is 0.889 bits per heavy atom. The molecule has 2 aromatic carbocycles. The number of hydrogen-bond acceptors (Lipinski definition) is 8. The van der Waals surface area contributed by atoms with Crippen LogP contribution in [0.5, 0.6) is 0 Å². The summed E-state index contributed by atoms with van der Waals surface area (Å²) >= 11 is 0. The Labute approximate surface area is 264 Å². The molecular formula is C33H45N3O9. The molecule has 0 bridgehead atoms. The molecule has 0 heterocycles. The lowest BCUT2D eigenvalue weighted by atomic mass is 9.99. The maximum absolute atomic E-state index is 14.4. The molecule has 0 aliphatic rings. The molecule has 0 aromatic heterocycles. The lowest BCUT2D eigenvalue weighted by Gasteiger charge is -2.34. The van der Waals surface area contributed by atoms with Crippen molar-refractivity contribution in [3.63, 3.8) is 0 Å². The minimum Gasteiger partial charge on any atom is -0.480 e. The molecule has 0 radical (unpaired) electrons. The molecule has 0 unspecified atom stereocenters. The van der Waals surface area contributed by atoms with Crippen molar-refractivity contribution in [2.75, 3.05) is 13.7 Å². The fraction of sp³-hybridized carbons (Fsp3) is 0.485. The number of nitrogens with zero attached hydrogens (tertiary/aromatic N) is 1. The molecule has 0 saturated carbocycles. The minimum atomic E-state index is -1.51. The molecule has 4 amide bonds. The van der Waals surface area contributed by atoms with Crippen LogP contribution in [0.4, 0.5) is 4.79 Å². The number of carboxylic acid groups (broad SMARTS) is 1. The third-order valence-corrected chi connectivity index (χ3v) is 6.69. The normalized spacial score (nSPS) is 13.9. The molecule has 0 aliphatic heterocycles. The van der Waals surface area contributed by atoms with Crippen molar-refractivity contribution < 1.29 is 43.7 Å². The number of carbonyl (C=O) groups excluding carboxylic acids is 4. The van der Waals surface area contributed by atoms with E-state index in [0.717, 1.165) is 4.90 Å². The van der Waals surface area contributed by atoms with Gasteiger partial charge in [-0.1, -0.05) is 60.7 Å². The largest absolute Gasteiger partial charge is 0.480 e. The summed E-state index contributed by atoms with van der Waals surface area (Å²) < 4.78 is 10.4. The number of carboxylic acids is 1. The van der Waals surface area contributed by atoms with Crippen LogP contribution in [-0.2, 0) is 41.5 Å². The minimum absolute atomic E-state index is 0.0513. The van der Waals surface area contributed by atoms with Crippen molar-refractivity contribution in [2.24, 2.45) is 0 Å². The molecule has 45 heavy (non-hydrogen) atoms. The quantitative estimate of drug-likeness (QED) is 0.204. The van der Waals surface area contributed by atoms with Gasteiger partial charge in [-0.2, -0.15) is 0 Å². The summed E-state index contributed by atoms with van der Waals surface area (Å²) in [6.07, 6.45) is -2.14. The Kier molecular flexibility index (Phi) is 14.7. The Morgan fingerprint density at radius 3 is 1.96 bits per heavy atom. The number of alkyl carbamates (subject to hydrolysis) is 1. The van der Waals surface area contributed by atoms with Gasteiger partial charge in [0.15, 0.2) is 0 Å². The highest BCUT2D eigenvalue weighted by Gasteiger charge is 2.40. The summed E-state index contributed by atoms with van der Waals surface area (Å²) in [6, 6.07) is 13.2. The molecule has 12 nitrogen and oxygen atoms in total. The monoisotopic (exact) mass is 627 g/mol. The molecule has 4 N–H and O–H groups in total. The summed E-state index contributed by atoms with van der Waals surface area (Å²) in [5.41, 5.74) is 0.351. The van der Waals surface area contributed by atoms with E-state index < -0.39 is 66.0 Å². The number of methoxy groups -OCH3 is 1. The standard InChI is InChI=1S/C33H45N3O9/c1-22(31(41)42)34-29(39)27(20-24-15-10-7-11-16-24)36(28(38)21-25(37)17-12-18-44-5)30(40)26(19-23-13-8-6-9-14-23)35-32(43)45-33(2,3)4/h6-11,13-16,22,25-27,37H,12,17-21H2,1-5H3,(H,34,39)(H,35,43)(H,41,42)/t22-,25+,26+,27-/m0/s1. The summed E-state index contributed by atoms with van der Waals surface area (Å²) in [7, 11) is 1.51. The van der Waals surface area contributed by atoms with Crippen LogP contribution in [-0.4, -0.2) is 88.4 Å². The zero-order valence-corrected chi connectivity index (χ0v) is 26.5. The highest BCUT2D eigenvalue weighted by Crippen LogP contribution is 2.18. The van der Waals surface area contributed by atoms with Crippen molar-refractivity contribution >= 4 is 29.8 Å². The van der Waals surface area contributed by atoms with Crippen LogP contribution >= 0.6 is 0 Å². The smallest absolute Gasteiger partial charge is 0.408 e. The zero-order valence-electron chi connectivity index (χ0n) is 26.5. The Bertz CT molecular complexity index is 1270. The van der Waals surface area contributed by atoms with Crippen LogP contribution in [0.1, 0.15) is 58.1 Å². The number of aliphatic hydroxyl groups excluding tert-OH is 1. The number of aliphatic carboxylic acids is 1. The van der Waals surface area contributed by atoms with Crippen LogP contribution in [0.3, 0.4) is 0 Å². The molecule has 0 saturated heterocycles. The van der Waals surface area contributed by atoms with Gasteiger partial charge in [-0.15, -0.1) is 0 Å². The van der Waals surface area contributed by atoms with Gasteiger partial charge in [-0.3, -0.25) is 24.1 Å². The lowest BCUT2D eigenvalue weighted by Crippen LogP contribution is -2.60. The van der Waals surface area contributed by atoms with E-state index in [1.807, 2.05) is 0 Å². The van der Waals surface area contributed by atoms with Gasteiger partial charge in [0.2, 0.25) is 11.8 Å². The zero-order chi connectivity index (χ0) is 33.6. The summed E-state index contributed by atoms with van der Waals surface area (Å²) in [6.45, 7) is 6.58. The van der Waals surface area contributed by atoms with Crippen molar-refractivity contribution in [1.82, 2.24) is 15.5 Å². The molecule has 12 heteroatoms.